The number of hydrogen-bond acceptors (Lipinski definition) is 1. The summed E-state index contributed by atoms with van der Waals surface area (Å²) in [6, 6.07) is 6.56. The third kappa shape index (κ3) is 3.90. The molecule has 0 bridgehead atoms. The van der Waals surface area contributed by atoms with Crippen LogP contribution < -0.4 is 5.32 Å². The molecule has 0 saturated heterocycles. The van der Waals surface area contributed by atoms with E-state index >= 15 is 0 Å². The molecule has 3 unspecified atom stereocenters. The Morgan fingerprint density at radius 3 is 2.60 bits per heavy atom. The normalized spacial score (nSPS) is 24.6. The minimum Gasteiger partial charge on any atom is -0.316 e. The largest absolute Gasteiger partial charge is 0.316 e. The SMILES string of the molecule is CCC1CCCCC1C(Cc1ccc(Cl)c(Cl)c1)NC. The van der Waals surface area contributed by atoms with E-state index in [1.54, 1.807) is 0 Å². The van der Waals surface area contributed by atoms with Crippen LogP contribution in [0.2, 0.25) is 10.0 Å². The molecule has 0 spiro atoms. The van der Waals surface area contributed by atoms with Crippen molar-refractivity contribution in [1.82, 2.24) is 5.32 Å². The van der Waals surface area contributed by atoms with Gasteiger partial charge in [0.05, 0.1) is 10.0 Å². The highest BCUT2D eigenvalue weighted by Gasteiger charge is 2.29. The van der Waals surface area contributed by atoms with Gasteiger partial charge < -0.3 is 5.32 Å². The Kier molecular flexibility index (Phi) is 6.20. The van der Waals surface area contributed by atoms with Gasteiger partial charge in [-0.3, -0.25) is 0 Å². The lowest BCUT2D eigenvalue weighted by molar-refractivity contribution is 0.179. The van der Waals surface area contributed by atoms with Crippen molar-refractivity contribution in [3.63, 3.8) is 0 Å². The van der Waals surface area contributed by atoms with Gasteiger partial charge in [-0.05, 0) is 49.4 Å². The Hall–Kier alpha value is -0.240. The lowest BCUT2D eigenvalue weighted by Gasteiger charge is -2.37. The molecule has 1 aromatic carbocycles. The summed E-state index contributed by atoms with van der Waals surface area (Å²) < 4.78 is 0. The molecule has 2 rings (SSSR count). The van der Waals surface area contributed by atoms with Gasteiger partial charge in [-0.15, -0.1) is 0 Å². The molecule has 1 aromatic rings. The zero-order valence-corrected chi connectivity index (χ0v) is 14.0. The van der Waals surface area contributed by atoms with Crippen LogP contribution in [0.5, 0.6) is 0 Å². The van der Waals surface area contributed by atoms with Gasteiger partial charge in [0.15, 0.2) is 0 Å². The number of nitrogens with one attached hydrogen (secondary N) is 1. The van der Waals surface area contributed by atoms with Gasteiger partial charge in [0, 0.05) is 6.04 Å². The number of likely N-dealkylation sites (N-methyl/N-ethyl adjacent to an activating group) is 1. The highest BCUT2D eigenvalue weighted by atomic mass is 35.5. The van der Waals surface area contributed by atoms with Crippen LogP contribution in [0.15, 0.2) is 18.2 Å². The Morgan fingerprint density at radius 1 is 1.20 bits per heavy atom. The van der Waals surface area contributed by atoms with Gasteiger partial charge in [-0.25, -0.2) is 0 Å². The van der Waals surface area contributed by atoms with E-state index in [0.717, 1.165) is 18.3 Å². The number of halogens is 2. The summed E-state index contributed by atoms with van der Waals surface area (Å²) in [6.45, 7) is 2.33. The molecule has 112 valence electrons. The monoisotopic (exact) mass is 313 g/mol. The van der Waals surface area contributed by atoms with E-state index in [4.69, 9.17) is 23.2 Å². The van der Waals surface area contributed by atoms with Crippen molar-refractivity contribution in [2.24, 2.45) is 11.8 Å². The maximum absolute atomic E-state index is 6.13. The summed E-state index contributed by atoms with van der Waals surface area (Å²) in [6.07, 6.45) is 7.85. The molecular weight excluding hydrogens is 289 g/mol. The standard InChI is InChI=1S/C17H25Cl2N/c1-3-13-6-4-5-7-14(13)17(20-2)11-12-8-9-15(18)16(19)10-12/h8-10,13-14,17,20H,3-7,11H2,1-2H3. The Balaban J connectivity index is 2.09. The fraction of sp³-hybridized carbons (Fsp3) is 0.647. The summed E-state index contributed by atoms with van der Waals surface area (Å²) in [5.41, 5.74) is 1.28. The van der Waals surface area contributed by atoms with E-state index < -0.39 is 0 Å². The van der Waals surface area contributed by atoms with Crippen molar-refractivity contribution in [1.29, 1.82) is 0 Å². The molecule has 0 heterocycles. The molecule has 1 N–H and O–H groups in total. The van der Waals surface area contributed by atoms with E-state index in [0.29, 0.717) is 16.1 Å². The molecule has 3 atom stereocenters. The second-order valence-corrected chi connectivity index (χ2v) is 6.78. The summed E-state index contributed by atoms with van der Waals surface area (Å²) in [5, 5.41) is 4.84. The molecule has 1 saturated carbocycles. The second-order valence-electron chi connectivity index (χ2n) is 5.96. The van der Waals surface area contributed by atoms with Crippen LogP contribution >= 0.6 is 23.2 Å². The third-order valence-corrected chi connectivity index (χ3v) is 5.56. The summed E-state index contributed by atoms with van der Waals surface area (Å²) in [7, 11) is 2.09. The first-order valence-electron chi connectivity index (χ1n) is 7.76. The Bertz CT molecular complexity index is 433. The summed E-state index contributed by atoms with van der Waals surface area (Å²) in [5.74, 6) is 1.65. The zero-order chi connectivity index (χ0) is 14.5. The van der Waals surface area contributed by atoms with Gasteiger partial charge in [-0.1, -0.05) is 61.9 Å². The molecule has 20 heavy (non-hydrogen) atoms. The smallest absolute Gasteiger partial charge is 0.0595 e. The van der Waals surface area contributed by atoms with Gasteiger partial charge in [0.1, 0.15) is 0 Å². The van der Waals surface area contributed by atoms with E-state index in [9.17, 15) is 0 Å². The predicted molar refractivity (Wildman–Crippen MR) is 88.8 cm³/mol. The average Bonchev–Trinajstić information content (AvgIpc) is 2.48. The van der Waals surface area contributed by atoms with Crippen LogP contribution in [0.4, 0.5) is 0 Å². The maximum atomic E-state index is 6.13. The van der Waals surface area contributed by atoms with Gasteiger partial charge in [-0.2, -0.15) is 0 Å². The van der Waals surface area contributed by atoms with Crippen LogP contribution in [0.1, 0.15) is 44.6 Å². The molecule has 0 aromatic heterocycles. The zero-order valence-electron chi connectivity index (χ0n) is 12.5. The first-order chi connectivity index (χ1) is 9.65. The highest BCUT2D eigenvalue weighted by Crippen LogP contribution is 2.35. The topological polar surface area (TPSA) is 12.0 Å². The molecule has 3 heteroatoms. The molecular formula is C17H25Cl2N. The lowest BCUT2D eigenvalue weighted by atomic mass is 9.73. The van der Waals surface area contributed by atoms with Crippen LogP contribution in [-0.2, 0) is 6.42 Å². The second kappa shape index (κ2) is 7.68. The average molecular weight is 314 g/mol. The predicted octanol–water partition coefficient (Wildman–Crippen LogP) is 5.34. The fourth-order valence-corrected chi connectivity index (χ4v) is 3.98. The van der Waals surface area contributed by atoms with Crippen molar-refractivity contribution in [3.8, 4) is 0 Å². The first kappa shape index (κ1) is 16.1. The van der Waals surface area contributed by atoms with Crippen LogP contribution in [0.25, 0.3) is 0 Å². The van der Waals surface area contributed by atoms with Crippen LogP contribution in [0.3, 0.4) is 0 Å². The highest BCUT2D eigenvalue weighted by molar-refractivity contribution is 6.42. The van der Waals surface area contributed by atoms with Crippen LogP contribution in [-0.4, -0.2) is 13.1 Å². The van der Waals surface area contributed by atoms with E-state index in [1.807, 2.05) is 12.1 Å². The molecule has 1 aliphatic carbocycles. The van der Waals surface area contributed by atoms with Crippen LogP contribution in [0, 0.1) is 11.8 Å². The van der Waals surface area contributed by atoms with Crippen molar-refractivity contribution in [2.45, 2.75) is 51.5 Å². The molecule has 0 amide bonds. The van der Waals surface area contributed by atoms with Gasteiger partial charge in [0.2, 0.25) is 0 Å². The fourth-order valence-electron chi connectivity index (χ4n) is 3.66. The molecule has 1 nitrogen and oxygen atoms in total. The quantitative estimate of drug-likeness (QED) is 0.773. The van der Waals surface area contributed by atoms with Crippen molar-refractivity contribution < 1.29 is 0 Å². The van der Waals surface area contributed by atoms with E-state index in [2.05, 4.69) is 25.4 Å². The molecule has 1 aliphatic rings. The molecule has 1 fully saturated rings. The first-order valence-corrected chi connectivity index (χ1v) is 8.52. The number of rotatable bonds is 5. The molecule has 0 radical (unpaired) electrons. The van der Waals surface area contributed by atoms with Gasteiger partial charge >= 0.3 is 0 Å². The summed E-state index contributed by atoms with van der Waals surface area (Å²) >= 11 is 12.1. The number of benzene rings is 1. The van der Waals surface area contributed by atoms with Crippen molar-refractivity contribution >= 4 is 23.2 Å². The van der Waals surface area contributed by atoms with E-state index in [1.165, 1.54) is 37.7 Å². The lowest BCUT2D eigenvalue weighted by Crippen LogP contribution is -2.40. The van der Waals surface area contributed by atoms with E-state index in [-0.39, 0.29) is 0 Å². The molecule has 0 aliphatic heterocycles. The summed E-state index contributed by atoms with van der Waals surface area (Å²) in [4.78, 5) is 0. The van der Waals surface area contributed by atoms with Gasteiger partial charge in [0.25, 0.3) is 0 Å². The number of hydrogen-bond donors (Lipinski definition) is 1. The maximum Gasteiger partial charge on any atom is 0.0595 e. The van der Waals surface area contributed by atoms with Crippen molar-refractivity contribution in [3.05, 3.63) is 33.8 Å². The third-order valence-electron chi connectivity index (χ3n) is 4.82. The minimum atomic E-state index is 0.539. The minimum absolute atomic E-state index is 0.539. The van der Waals surface area contributed by atoms with Crippen molar-refractivity contribution in [2.75, 3.05) is 7.05 Å². The Labute approximate surface area is 133 Å². The Morgan fingerprint density at radius 2 is 1.95 bits per heavy atom.